The molecule has 9 heteroatoms. The molecule has 0 bridgehead atoms. The maximum absolute atomic E-state index is 13.0. The van der Waals surface area contributed by atoms with Gasteiger partial charge in [0.1, 0.15) is 19.5 Å². The Balaban J connectivity index is 1.63. The molecule has 0 fully saturated rings. The number of hydrogen-bond donors (Lipinski definition) is 0. The molecular formula is C18H21N3O5S. The molecular weight excluding hydrogens is 370 g/mol. The normalized spacial score (nSPS) is 15.4. The van der Waals surface area contributed by atoms with Gasteiger partial charge in [0.2, 0.25) is 12.6 Å². The number of hydrogen-bond acceptors (Lipinski definition) is 8. The van der Waals surface area contributed by atoms with Crippen LogP contribution in [0, 0.1) is 0 Å². The number of fused-ring (bicyclic) bond motifs is 2. The Labute approximate surface area is 160 Å². The highest BCUT2D eigenvalue weighted by molar-refractivity contribution is 7.22. The second kappa shape index (κ2) is 7.61. The fourth-order valence-electron chi connectivity index (χ4n) is 2.86. The Kier molecular flexibility index (Phi) is 5.04. The third-order valence-corrected chi connectivity index (χ3v) is 5.24. The quantitative estimate of drug-likeness (QED) is 0.747. The maximum Gasteiger partial charge on any atom is 0.298 e. The summed E-state index contributed by atoms with van der Waals surface area (Å²) in [5, 5.41) is 0.618. The lowest BCUT2D eigenvalue weighted by molar-refractivity contribution is -0.119. The first-order valence-electron chi connectivity index (χ1n) is 8.73. The highest BCUT2D eigenvalue weighted by Gasteiger charge is 2.27. The van der Waals surface area contributed by atoms with Gasteiger partial charge < -0.3 is 23.8 Å². The van der Waals surface area contributed by atoms with Crippen LogP contribution in [0.3, 0.4) is 0 Å². The van der Waals surface area contributed by atoms with Crippen molar-refractivity contribution in [1.29, 1.82) is 0 Å². The summed E-state index contributed by atoms with van der Waals surface area (Å²) in [6.07, 6.45) is 2.19. The summed E-state index contributed by atoms with van der Waals surface area (Å²) >= 11 is 1.44. The van der Waals surface area contributed by atoms with Gasteiger partial charge in [-0.3, -0.25) is 9.69 Å². The molecule has 3 heterocycles. The van der Waals surface area contributed by atoms with Gasteiger partial charge in [0, 0.05) is 18.7 Å². The van der Waals surface area contributed by atoms with Crippen LogP contribution in [0.15, 0.2) is 24.2 Å². The Morgan fingerprint density at radius 1 is 1.15 bits per heavy atom. The third-order valence-electron chi connectivity index (χ3n) is 4.19. The number of amides is 1. The minimum Gasteiger partial charge on any atom is -0.494 e. The summed E-state index contributed by atoms with van der Waals surface area (Å²) in [6.45, 7) is 2.43. The topological polar surface area (TPSA) is 73.4 Å². The van der Waals surface area contributed by atoms with E-state index in [-0.39, 0.29) is 18.5 Å². The minimum atomic E-state index is -0.243. The number of ether oxygens (including phenoxy) is 4. The van der Waals surface area contributed by atoms with Gasteiger partial charge in [0.05, 0.1) is 10.2 Å². The van der Waals surface area contributed by atoms with E-state index in [1.165, 1.54) is 17.6 Å². The molecule has 8 nitrogen and oxygen atoms in total. The zero-order chi connectivity index (χ0) is 18.8. The molecule has 1 aromatic carbocycles. The van der Waals surface area contributed by atoms with E-state index in [0.717, 1.165) is 23.2 Å². The van der Waals surface area contributed by atoms with E-state index < -0.39 is 0 Å². The number of carbonyl (C=O) groups excluding carboxylic acids is 1. The second-order valence-corrected chi connectivity index (χ2v) is 7.49. The third kappa shape index (κ3) is 3.79. The molecule has 2 aromatic rings. The Hall–Kier alpha value is -2.52. The zero-order valence-electron chi connectivity index (χ0n) is 15.3. The summed E-state index contributed by atoms with van der Waals surface area (Å²) in [6, 6.07) is 3.75. The summed E-state index contributed by atoms with van der Waals surface area (Å²) in [7, 11) is 4.01. The molecule has 0 N–H and O–H groups in total. The summed E-state index contributed by atoms with van der Waals surface area (Å²) in [4.78, 5) is 21.4. The lowest BCUT2D eigenvalue weighted by atomic mass is 10.3. The van der Waals surface area contributed by atoms with Gasteiger partial charge in [-0.1, -0.05) is 11.3 Å². The van der Waals surface area contributed by atoms with Gasteiger partial charge in [0.25, 0.3) is 5.91 Å². The maximum atomic E-state index is 13.0. The number of nitrogens with zero attached hydrogens (tertiary/aromatic N) is 3. The van der Waals surface area contributed by atoms with Crippen molar-refractivity contribution >= 4 is 32.6 Å². The van der Waals surface area contributed by atoms with Crippen LogP contribution >= 0.6 is 11.3 Å². The van der Waals surface area contributed by atoms with E-state index in [9.17, 15) is 4.79 Å². The highest BCUT2D eigenvalue weighted by Crippen LogP contribution is 2.40. The second-order valence-electron chi connectivity index (χ2n) is 6.48. The van der Waals surface area contributed by atoms with Crippen molar-refractivity contribution in [3.8, 4) is 11.5 Å². The number of carbonyl (C=O) groups is 1. The zero-order valence-corrected chi connectivity index (χ0v) is 16.1. The molecule has 144 valence electrons. The largest absolute Gasteiger partial charge is 0.494 e. The number of anilines is 1. The molecule has 0 spiro atoms. The molecule has 0 unspecified atom stereocenters. The Bertz CT molecular complexity index is 838. The molecule has 1 aromatic heterocycles. The standard InChI is InChI=1S/C18H21N3O5S/c1-20(2)4-3-5-21(17(22)15-10-23-6-7-24-15)18-19-12-8-13-14(26-11-25-13)9-16(12)27-18/h8-10H,3-7,11H2,1-2H3. The molecule has 1 amide bonds. The first-order valence-corrected chi connectivity index (χ1v) is 9.55. The molecule has 4 rings (SSSR count). The first kappa shape index (κ1) is 17.9. The van der Waals surface area contributed by atoms with E-state index in [1.54, 1.807) is 4.90 Å². The van der Waals surface area contributed by atoms with Crippen molar-refractivity contribution in [3.63, 3.8) is 0 Å². The van der Waals surface area contributed by atoms with Gasteiger partial charge in [0.15, 0.2) is 16.6 Å². The van der Waals surface area contributed by atoms with Crippen molar-refractivity contribution < 1.29 is 23.7 Å². The lowest BCUT2D eigenvalue weighted by Gasteiger charge is -2.23. The van der Waals surface area contributed by atoms with Gasteiger partial charge in [-0.15, -0.1) is 0 Å². The summed E-state index contributed by atoms with van der Waals surface area (Å²) in [5.74, 6) is 1.35. The summed E-state index contributed by atoms with van der Waals surface area (Å²) < 4.78 is 22.5. The van der Waals surface area contributed by atoms with E-state index in [1.807, 2.05) is 26.2 Å². The molecule has 2 aliphatic rings. The monoisotopic (exact) mass is 391 g/mol. The van der Waals surface area contributed by atoms with Crippen molar-refractivity contribution in [2.24, 2.45) is 0 Å². The van der Waals surface area contributed by atoms with Crippen molar-refractivity contribution in [1.82, 2.24) is 9.88 Å². The lowest BCUT2D eigenvalue weighted by Crippen LogP contribution is -2.36. The van der Waals surface area contributed by atoms with Crippen LogP contribution in [0.4, 0.5) is 5.13 Å². The fourth-order valence-corrected chi connectivity index (χ4v) is 3.86. The Morgan fingerprint density at radius 3 is 2.70 bits per heavy atom. The molecule has 27 heavy (non-hydrogen) atoms. The molecule has 0 aliphatic carbocycles. The molecule has 0 atom stereocenters. The van der Waals surface area contributed by atoms with E-state index in [2.05, 4.69) is 9.88 Å². The van der Waals surface area contributed by atoms with Crippen LogP contribution in [-0.4, -0.2) is 63.0 Å². The number of thiazole rings is 1. The van der Waals surface area contributed by atoms with Gasteiger partial charge in [-0.05, 0) is 27.1 Å². The van der Waals surface area contributed by atoms with Crippen molar-refractivity contribution in [3.05, 3.63) is 24.2 Å². The van der Waals surface area contributed by atoms with Crippen LogP contribution in [0.1, 0.15) is 6.42 Å². The highest BCUT2D eigenvalue weighted by atomic mass is 32.1. The average Bonchev–Trinajstić information content (AvgIpc) is 3.28. The fraction of sp³-hybridized carbons (Fsp3) is 0.444. The van der Waals surface area contributed by atoms with Gasteiger partial charge in [-0.25, -0.2) is 4.98 Å². The van der Waals surface area contributed by atoms with Crippen LogP contribution < -0.4 is 14.4 Å². The number of rotatable bonds is 6. The van der Waals surface area contributed by atoms with Crippen molar-refractivity contribution in [2.75, 3.05) is 52.1 Å². The van der Waals surface area contributed by atoms with E-state index in [0.29, 0.717) is 36.4 Å². The van der Waals surface area contributed by atoms with Crippen molar-refractivity contribution in [2.45, 2.75) is 6.42 Å². The number of aromatic nitrogens is 1. The van der Waals surface area contributed by atoms with Crippen LogP contribution in [0.5, 0.6) is 11.5 Å². The first-order chi connectivity index (χ1) is 13.1. The van der Waals surface area contributed by atoms with Gasteiger partial charge in [-0.2, -0.15) is 0 Å². The predicted octanol–water partition coefficient (Wildman–Crippen LogP) is 2.20. The molecule has 0 saturated heterocycles. The molecule has 0 saturated carbocycles. The van der Waals surface area contributed by atoms with Crippen LogP contribution in [0.25, 0.3) is 10.2 Å². The van der Waals surface area contributed by atoms with E-state index >= 15 is 0 Å². The smallest absolute Gasteiger partial charge is 0.298 e. The van der Waals surface area contributed by atoms with E-state index in [4.69, 9.17) is 18.9 Å². The predicted molar refractivity (Wildman–Crippen MR) is 101 cm³/mol. The molecule has 2 aliphatic heterocycles. The number of benzene rings is 1. The van der Waals surface area contributed by atoms with Gasteiger partial charge >= 0.3 is 0 Å². The Morgan fingerprint density at radius 2 is 1.96 bits per heavy atom. The molecule has 0 radical (unpaired) electrons. The average molecular weight is 391 g/mol. The van der Waals surface area contributed by atoms with Crippen LogP contribution in [-0.2, 0) is 14.3 Å². The minimum absolute atomic E-state index is 0.208. The SMILES string of the molecule is CN(C)CCCN(C(=O)C1=COCCO1)c1nc2cc3c(cc2s1)OCO3. The van der Waals surface area contributed by atoms with Crippen LogP contribution in [0.2, 0.25) is 0 Å². The summed E-state index contributed by atoms with van der Waals surface area (Å²) in [5.41, 5.74) is 0.777.